The van der Waals surface area contributed by atoms with Gasteiger partial charge in [-0.15, -0.1) is 0 Å². The lowest BCUT2D eigenvalue weighted by Gasteiger charge is -2.06. The van der Waals surface area contributed by atoms with E-state index in [1.165, 1.54) is 16.7 Å². The molecule has 0 atom stereocenters. The number of hydrogen-bond acceptors (Lipinski definition) is 2. The van der Waals surface area contributed by atoms with Crippen molar-refractivity contribution in [2.75, 3.05) is 0 Å². The molecule has 15 heavy (non-hydrogen) atoms. The Morgan fingerprint density at radius 2 is 1.53 bits per heavy atom. The van der Waals surface area contributed by atoms with Crippen molar-refractivity contribution in [2.45, 2.75) is 34.3 Å². The Balaban J connectivity index is 0.000000423. The van der Waals surface area contributed by atoms with Crippen molar-refractivity contribution >= 4 is 5.97 Å². The third kappa shape index (κ3) is 5.18. The molecule has 0 unspecified atom stereocenters. The Bertz CT molecular complexity index is 316. The maximum absolute atomic E-state index is 9.00. The molecule has 0 aliphatic rings. The average molecular weight is 210 g/mol. The zero-order valence-corrected chi connectivity index (χ0v) is 9.66. The predicted molar refractivity (Wildman–Crippen MR) is 59.9 cm³/mol. The van der Waals surface area contributed by atoms with E-state index in [0.29, 0.717) is 0 Å². The fourth-order valence-electron chi connectivity index (χ4n) is 1.22. The van der Waals surface area contributed by atoms with E-state index in [2.05, 4.69) is 20.8 Å². The van der Waals surface area contributed by atoms with Crippen LogP contribution in [0.15, 0.2) is 12.1 Å². The van der Waals surface area contributed by atoms with E-state index in [0.717, 1.165) is 12.5 Å². The van der Waals surface area contributed by atoms with Gasteiger partial charge in [0.05, 0.1) is 6.61 Å². The molecule has 1 aromatic rings. The van der Waals surface area contributed by atoms with Crippen LogP contribution in [0.1, 0.15) is 29.2 Å². The standard InChI is InChI=1S/C10H14O.C2H4O2/c1-7-4-10(6-11)5-8(2)9(7)3;1-2(3)4/h4-5,11H,6H2,1-3H3;1H3,(H,3,4). The first-order valence-corrected chi connectivity index (χ1v) is 4.75. The maximum Gasteiger partial charge on any atom is 0.300 e. The Hall–Kier alpha value is -1.35. The van der Waals surface area contributed by atoms with E-state index in [9.17, 15) is 0 Å². The van der Waals surface area contributed by atoms with Gasteiger partial charge in [-0.05, 0) is 43.0 Å². The summed E-state index contributed by atoms with van der Waals surface area (Å²) in [5.74, 6) is -0.833. The highest BCUT2D eigenvalue weighted by molar-refractivity contribution is 5.62. The van der Waals surface area contributed by atoms with Crippen molar-refractivity contribution < 1.29 is 15.0 Å². The lowest BCUT2D eigenvalue weighted by atomic mass is 10.0. The molecule has 0 fully saturated rings. The minimum absolute atomic E-state index is 0.141. The number of aliphatic hydroxyl groups excluding tert-OH is 1. The van der Waals surface area contributed by atoms with Crippen molar-refractivity contribution in [3.63, 3.8) is 0 Å². The van der Waals surface area contributed by atoms with Gasteiger partial charge in [0, 0.05) is 6.92 Å². The van der Waals surface area contributed by atoms with Gasteiger partial charge in [-0.1, -0.05) is 12.1 Å². The van der Waals surface area contributed by atoms with Gasteiger partial charge in [-0.3, -0.25) is 4.79 Å². The van der Waals surface area contributed by atoms with Crippen LogP contribution >= 0.6 is 0 Å². The molecule has 0 spiro atoms. The van der Waals surface area contributed by atoms with Crippen molar-refractivity contribution in [3.8, 4) is 0 Å². The van der Waals surface area contributed by atoms with Gasteiger partial charge < -0.3 is 10.2 Å². The van der Waals surface area contributed by atoms with Gasteiger partial charge in [-0.25, -0.2) is 0 Å². The lowest BCUT2D eigenvalue weighted by molar-refractivity contribution is -0.134. The van der Waals surface area contributed by atoms with Gasteiger partial charge in [0.2, 0.25) is 0 Å². The molecule has 0 aromatic heterocycles. The van der Waals surface area contributed by atoms with Crippen LogP contribution in [0.25, 0.3) is 0 Å². The summed E-state index contributed by atoms with van der Waals surface area (Å²) in [6.07, 6.45) is 0. The van der Waals surface area contributed by atoms with E-state index in [1.54, 1.807) is 0 Å². The first-order valence-electron chi connectivity index (χ1n) is 4.75. The molecule has 3 heteroatoms. The lowest BCUT2D eigenvalue weighted by Crippen LogP contribution is -1.91. The summed E-state index contributed by atoms with van der Waals surface area (Å²) in [5.41, 5.74) is 4.84. The van der Waals surface area contributed by atoms with E-state index in [1.807, 2.05) is 12.1 Å². The smallest absolute Gasteiger partial charge is 0.300 e. The molecule has 84 valence electrons. The largest absolute Gasteiger partial charge is 0.481 e. The summed E-state index contributed by atoms with van der Waals surface area (Å²) >= 11 is 0. The molecule has 1 aromatic carbocycles. The first kappa shape index (κ1) is 13.7. The normalized spacial score (nSPS) is 9.13. The zero-order valence-electron chi connectivity index (χ0n) is 9.66. The van der Waals surface area contributed by atoms with Crippen LogP contribution in [0.5, 0.6) is 0 Å². The molecule has 1 rings (SSSR count). The Morgan fingerprint density at radius 1 is 1.20 bits per heavy atom. The number of carboxylic acid groups (broad SMARTS) is 1. The average Bonchev–Trinajstić information content (AvgIpc) is 2.12. The number of aliphatic hydroxyl groups is 1. The number of carbonyl (C=O) groups is 1. The molecule has 0 saturated heterocycles. The molecule has 0 aliphatic heterocycles. The summed E-state index contributed by atoms with van der Waals surface area (Å²) in [5, 5.41) is 16.3. The summed E-state index contributed by atoms with van der Waals surface area (Å²) in [6, 6.07) is 4.06. The van der Waals surface area contributed by atoms with Crippen LogP contribution in [0, 0.1) is 20.8 Å². The van der Waals surface area contributed by atoms with E-state index in [4.69, 9.17) is 15.0 Å². The summed E-state index contributed by atoms with van der Waals surface area (Å²) < 4.78 is 0. The number of aryl methyl sites for hydroxylation is 2. The zero-order chi connectivity index (χ0) is 12.0. The van der Waals surface area contributed by atoms with Crippen LogP contribution < -0.4 is 0 Å². The Labute approximate surface area is 90.4 Å². The van der Waals surface area contributed by atoms with Gasteiger partial charge >= 0.3 is 0 Å². The van der Waals surface area contributed by atoms with E-state index < -0.39 is 5.97 Å². The SMILES string of the molecule is CC(=O)O.Cc1cc(CO)cc(C)c1C. The fourth-order valence-corrected chi connectivity index (χ4v) is 1.22. The maximum atomic E-state index is 9.00. The Morgan fingerprint density at radius 3 is 1.80 bits per heavy atom. The summed E-state index contributed by atoms with van der Waals surface area (Å²) in [4.78, 5) is 9.00. The second kappa shape index (κ2) is 6.19. The summed E-state index contributed by atoms with van der Waals surface area (Å²) in [7, 11) is 0. The van der Waals surface area contributed by atoms with Crippen molar-refractivity contribution in [2.24, 2.45) is 0 Å². The molecule has 2 N–H and O–H groups in total. The van der Waals surface area contributed by atoms with Crippen molar-refractivity contribution in [3.05, 3.63) is 34.4 Å². The quantitative estimate of drug-likeness (QED) is 0.747. The fraction of sp³-hybridized carbons (Fsp3) is 0.417. The molecule has 0 saturated carbocycles. The molecule has 3 nitrogen and oxygen atoms in total. The minimum atomic E-state index is -0.833. The van der Waals surface area contributed by atoms with E-state index >= 15 is 0 Å². The second-order valence-electron chi connectivity index (χ2n) is 3.53. The van der Waals surface area contributed by atoms with Crippen LogP contribution in [0.2, 0.25) is 0 Å². The van der Waals surface area contributed by atoms with Gasteiger partial charge in [0.1, 0.15) is 0 Å². The molecule has 0 amide bonds. The van der Waals surface area contributed by atoms with Gasteiger partial charge in [0.15, 0.2) is 0 Å². The number of rotatable bonds is 1. The van der Waals surface area contributed by atoms with Crippen LogP contribution in [0.3, 0.4) is 0 Å². The van der Waals surface area contributed by atoms with E-state index in [-0.39, 0.29) is 6.61 Å². The highest BCUT2D eigenvalue weighted by atomic mass is 16.4. The first-order chi connectivity index (χ1) is 6.88. The Kier molecular flexibility index (Phi) is 5.64. The molecule has 0 radical (unpaired) electrons. The van der Waals surface area contributed by atoms with Crippen molar-refractivity contribution in [1.82, 2.24) is 0 Å². The number of aliphatic carboxylic acids is 1. The second-order valence-corrected chi connectivity index (χ2v) is 3.53. The highest BCUT2D eigenvalue weighted by Gasteiger charge is 1.98. The highest BCUT2D eigenvalue weighted by Crippen LogP contribution is 2.14. The third-order valence-electron chi connectivity index (χ3n) is 2.17. The predicted octanol–water partition coefficient (Wildman–Crippen LogP) is 2.20. The van der Waals surface area contributed by atoms with Gasteiger partial charge in [-0.2, -0.15) is 0 Å². The molecule has 0 bridgehead atoms. The number of benzene rings is 1. The summed E-state index contributed by atoms with van der Waals surface area (Å²) in [6.45, 7) is 7.47. The van der Waals surface area contributed by atoms with Crippen molar-refractivity contribution in [1.29, 1.82) is 0 Å². The van der Waals surface area contributed by atoms with Gasteiger partial charge in [0.25, 0.3) is 5.97 Å². The number of hydrogen-bond donors (Lipinski definition) is 2. The van der Waals surface area contributed by atoms with Crippen LogP contribution in [-0.2, 0) is 11.4 Å². The van der Waals surface area contributed by atoms with Crippen LogP contribution in [0.4, 0.5) is 0 Å². The third-order valence-corrected chi connectivity index (χ3v) is 2.17. The molecule has 0 aliphatic carbocycles. The monoisotopic (exact) mass is 210 g/mol. The number of carboxylic acids is 1. The minimum Gasteiger partial charge on any atom is -0.481 e. The molecule has 0 heterocycles. The topological polar surface area (TPSA) is 57.5 Å². The van der Waals surface area contributed by atoms with Crippen LogP contribution in [-0.4, -0.2) is 16.2 Å². The molecular weight excluding hydrogens is 192 g/mol. The molecular formula is C12H18O3.